The van der Waals surface area contributed by atoms with Gasteiger partial charge in [-0.05, 0) is 23.6 Å². The van der Waals surface area contributed by atoms with E-state index in [1.807, 2.05) is 24.3 Å². The van der Waals surface area contributed by atoms with E-state index in [1.165, 1.54) is 0 Å². The number of pyridine rings is 1. The van der Waals surface area contributed by atoms with Gasteiger partial charge in [-0.3, -0.25) is 4.98 Å². The second-order valence-electron chi connectivity index (χ2n) is 3.25. The van der Waals surface area contributed by atoms with Crippen LogP contribution in [0.15, 0.2) is 55.2 Å². The van der Waals surface area contributed by atoms with E-state index in [4.69, 9.17) is 6.57 Å². The summed E-state index contributed by atoms with van der Waals surface area (Å²) in [7, 11) is 0. The Hall–Kier alpha value is -2.67. The molecule has 2 aromatic heterocycles. The Morgan fingerprint density at radius 3 is 2.76 bits per heavy atom. The lowest BCUT2D eigenvalue weighted by Crippen LogP contribution is -1.74. The van der Waals surface area contributed by atoms with Crippen molar-refractivity contribution in [3.05, 3.63) is 66.7 Å². The fraction of sp³-hybridized carbons (Fsp3) is 0. The molecule has 0 unspecified atom stereocenters. The number of imidazole rings is 1. The van der Waals surface area contributed by atoms with Gasteiger partial charge in [-0.15, -0.1) is 0 Å². The van der Waals surface area contributed by atoms with Gasteiger partial charge < -0.3 is 4.98 Å². The van der Waals surface area contributed by atoms with E-state index in [0.717, 1.165) is 10.9 Å². The highest BCUT2D eigenvalue weighted by Gasteiger charge is 1.93. The summed E-state index contributed by atoms with van der Waals surface area (Å²) < 4.78 is 0. The lowest BCUT2D eigenvalue weighted by molar-refractivity contribution is 1.31. The topological polar surface area (TPSA) is 45.9 Å². The van der Waals surface area contributed by atoms with E-state index in [2.05, 4.69) is 19.8 Å². The van der Waals surface area contributed by atoms with Crippen molar-refractivity contribution in [2.45, 2.75) is 0 Å². The molecule has 0 fully saturated rings. The third-order valence-corrected chi connectivity index (χ3v) is 2.12. The smallest absolute Gasteiger partial charge is 0.187 e. The molecule has 0 aliphatic heterocycles. The number of H-pyrrole nitrogens is 1. The molecule has 3 rings (SSSR count). The molecule has 1 N–H and O–H groups in total. The van der Waals surface area contributed by atoms with E-state index >= 15 is 0 Å². The van der Waals surface area contributed by atoms with Crippen molar-refractivity contribution in [2.24, 2.45) is 0 Å². The Kier molecular flexibility index (Phi) is 3.46. The Labute approximate surface area is 98.8 Å². The second kappa shape index (κ2) is 5.42. The predicted octanol–water partition coefficient (Wildman–Crippen LogP) is 3.20. The van der Waals surface area contributed by atoms with Crippen molar-refractivity contribution in [1.29, 1.82) is 0 Å². The van der Waals surface area contributed by atoms with Crippen LogP contribution in [0.4, 0.5) is 5.69 Å². The van der Waals surface area contributed by atoms with Crippen molar-refractivity contribution in [3.63, 3.8) is 0 Å². The fourth-order valence-corrected chi connectivity index (χ4v) is 1.35. The van der Waals surface area contributed by atoms with Gasteiger partial charge in [0, 0.05) is 18.6 Å². The van der Waals surface area contributed by atoms with Gasteiger partial charge in [0.2, 0.25) is 0 Å². The van der Waals surface area contributed by atoms with Crippen molar-refractivity contribution in [1.82, 2.24) is 15.0 Å². The Balaban J connectivity index is 0.000000181. The molecule has 3 aromatic rings. The summed E-state index contributed by atoms with van der Waals surface area (Å²) in [6.07, 6.45) is 6.83. The van der Waals surface area contributed by atoms with E-state index in [9.17, 15) is 0 Å². The number of hydrogen-bond donors (Lipinski definition) is 1. The molecule has 0 saturated carbocycles. The molecule has 82 valence electrons. The maximum atomic E-state index is 6.82. The molecule has 0 aliphatic rings. The van der Waals surface area contributed by atoms with Crippen molar-refractivity contribution >= 4 is 16.6 Å². The Morgan fingerprint density at radius 1 is 1.18 bits per heavy atom. The summed E-state index contributed by atoms with van der Waals surface area (Å²) in [5.74, 6) is 0. The Morgan fingerprint density at radius 2 is 2.12 bits per heavy atom. The van der Waals surface area contributed by atoms with Crippen LogP contribution in [-0.4, -0.2) is 15.0 Å². The molecular weight excluding hydrogens is 212 g/mol. The standard InChI is InChI=1S/C10H6N2.C3H4N2/c1-11-9-4-5-10-8(7-9)3-2-6-12-10;1-2-5-3-4-1/h2-7H;1-3H,(H,4,5). The van der Waals surface area contributed by atoms with E-state index in [0.29, 0.717) is 5.69 Å². The monoisotopic (exact) mass is 222 g/mol. The number of nitrogens with zero attached hydrogens (tertiary/aromatic N) is 3. The highest BCUT2D eigenvalue weighted by Crippen LogP contribution is 2.18. The van der Waals surface area contributed by atoms with Crippen LogP contribution in [0.5, 0.6) is 0 Å². The largest absolute Gasteiger partial charge is 0.351 e. The molecular formula is C13H10N4. The number of benzene rings is 1. The van der Waals surface area contributed by atoms with Crippen LogP contribution in [0, 0.1) is 6.57 Å². The summed E-state index contributed by atoms with van der Waals surface area (Å²) in [5, 5.41) is 1.02. The molecule has 0 atom stereocenters. The van der Waals surface area contributed by atoms with Crippen LogP contribution >= 0.6 is 0 Å². The first-order valence-electron chi connectivity index (χ1n) is 5.05. The molecule has 4 heteroatoms. The second-order valence-corrected chi connectivity index (χ2v) is 3.25. The van der Waals surface area contributed by atoms with Crippen LogP contribution in [0.1, 0.15) is 0 Å². The molecule has 0 saturated heterocycles. The number of hydrogen-bond acceptors (Lipinski definition) is 2. The number of nitrogens with one attached hydrogen (secondary N) is 1. The normalized spacial score (nSPS) is 9.12. The first kappa shape index (κ1) is 10.8. The van der Waals surface area contributed by atoms with Gasteiger partial charge in [0.05, 0.1) is 18.4 Å². The van der Waals surface area contributed by atoms with E-state index in [-0.39, 0.29) is 0 Å². The quantitative estimate of drug-likeness (QED) is 0.594. The average molecular weight is 222 g/mol. The maximum absolute atomic E-state index is 6.82. The van der Waals surface area contributed by atoms with Crippen LogP contribution in [0.2, 0.25) is 0 Å². The van der Waals surface area contributed by atoms with Gasteiger partial charge >= 0.3 is 0 Å². The number of fused-ring (bicyclic) bond motifs is 1. The zero-order valence-corrected chi connectivity index (χ0v) is 9.04. The number of aromatic amines is 1. The third kappa shape index (κ3) is 2.89. The SMILES string of the molecule is [C-]#[N+]c1ccc2ncccc2c1.c1c[nH]cn1. The summed E-state index contributed by atoms with van der Waals surface area (Å²) in [6, 6.07) is 9.31. The molecule has 2 heterocycles. The minimum atomic E-state index is 0.663. The molecule has 0 aliphatic carbocycles. The van der Waals surface area contributed by atoms with Crippen molar-refractivity contribution in [3.8, 4) is 0 Å². The van der Waals surface area contributed by atoms with Gasteiger partial charge in [-0.25, -0.2) is 9.83 Å². The van der Waals surface area contributed by atoms with Crippen LogP contribution in [-0.2, 0) is 0 Å². The zero-order valence-electron chi connectivity index (χ0n) is 9.04. The molecule has 0 bridgehead atoms. The maximum Gasteiger partial charge on any atom is 0.187 e. The molecule has 17 heavy (non-hydrogen) atoms. The van der Waals surface area contributed by atoms with Crippen molar-refractivity contribution in [2.75, 3.05) is 0 Å². The average Bonchev–Trinajstić information content (AvgIpc) is 2.97. The van der Waals surface area contributed by atoms with Gasteiger partial charge in [-0.1, -0.05) is 12.1 Å². The molecule has 4 nitrogen and oxygen atoms in total. The van der Waals surface area contributed by atoms with Gasteiger partial charge in [0.15, 0.2) is 5.69 Å². The highest BCUT2D eigenvalue weighted by atomic mass is 14.8. The van der Waals surface area contributed by atoms with Gasteiger partial charge in [-0.2, -0.15) is 0 Å². The summed E-state index contributed by atoms with van der Waals surface area (Å²) in [5.41, 5.74) is 1.60. The first-order chi connectivity index (χ1) is 8.40. The molecule has 0 amide bonds. The molecule has 1 aromatic carbocycles. The molecule has 0 radical (unpaired) electrons. The highest BCUT2D eigenvalue weighted by molar-refractivity contribution is 5.82. The van der Waals surface area contributed by atoms with E-state index < -0.39 is 0 Å². The van der Waals surface area contributed by atoms with Crippen molar-refractivity contribution < 1.29 is 0 Å². The summed E-state index contributed by atoms with van der Waals surface area (Å²) in [4.78, 5) is 13.9. The summed E-state index contributed by atoms with van der Waals surface area (Å²) in [6.45, 7) is 6.82. The van der Waals surface area contributed by atoms with Crippen LogP contribution in [0.3, 0.4) is 0 Å². The molecule has 0 spiro atoms. The first-order valence-corrected chi connectivity index (χ1v) is 5.05. The third-order valence-electron chi connectivity index (χ3n) is 2.12. The van der Waals surface area contributed by atoms with E-state index in [1.54, 1.807) is 31.0 Å². The lowest BCUT2D eigenvalue weighted by atomic mass is 10.2. The lowest BCUT2D eigenvalue weighted by Gasteiger charge is -1.94. The predicted molar refractivity (Wildman–Crippen MR) is 66.6 cm³/mol. The van der Waals surface area contributed by atoms with Crippen LogP contribution in [0.25, 0.3) is 15.7 Å². The minimum Gasteiger partial charge on any atom is -0.351 e. The fourth-order valence-electron chi connectivity index (χ4n) is 1.35. The Bertz CT molecular complexity index is 606. The van der Waals surface area contributed by atoms with Gasteiger partial charge in [0.25, 0.3) is 0 Å². The van der Waals surface area contributed by atoms with Gasteiger partial charge in [0.1, 0.15) is 0 Å². The number of rotatable bonds is 0. The minimum absolute atomic E-state index is 0.663. The van der Waals surface area contributed by atoms with Crippen LogP contribution < -0.4 is 0 Å². The summed E-state index contributed by atoms with van der Waals surface area (Å²) >= 11 is 0. The zero-order chi connectivity index (χ0) is 11.9. The number of aromatic nitrogens is 3.